The molecule has 7 heterocycles. The minimum atomic E-state index is -0.0911. The highest BCUT2D eigenvalue weighted by Gasteiger charge is 2.36. The van der Waals surface area contributed by atoms with Crippen molar-refractivity contribution in [2.75, 3.05) is 17.7 Å². The van der Waals surface area contributed by atoms with Crippen LogP contribution in [0.1, 0.15) is 93.9 Å². The Morgan fingerprint density at radius 2 is 2.00 bits per heavy atom. The lowest BCUT2D eigenvalue weighted by molar-refractivity contribution is -0.0734. The zero-order chi connectivity index (χ0) is 32.3. The number of thiophene rings is 1. The van der Waals surface area contributed by atoms with Gasteiger partial charge in [0.2, 0.25) is 11.8 Å². The van der Waals surface area contributed by atoms with E-state index in [1.165, 1.54) is 21.8 Å². The molecule has 0 amide bonds. The van der Waals surface area contributed by atoms with Crippen molar-refractivity contribution in [2.45, 2.75) is 95.6 Å². The first kappa shape index (κ1) is 30.9. The third kappa shape index (κ3) is 5.84. The van der Waals surface area contributed by atoms with Crippen LogP contribution < -0.4 is 5.32 Å². The van der Waals surface area contributed by atoms with Gasteiger partial charge in [-0.25, -0.2) is 9.97 Å². The van der Waals surface area contributed by atoms with Gasteiger partial charge in [-0.2, -0.15) is 0 Å². The molecule has 1 N–H and O–H groups in total. The normalized spacial score (nSPS) is 21.8. The Bertz CT molecular complexity index is 1950. The number of aromatic nitrogens is 6. The molecule has 0 bridgehead atoms. The third-order valence-corrected chi connectivity index (χ3v) is 12.4. The van der Waals surface area contributed by atoms with Crippen molar-refractivity contribution in [2.24, 2.45) is 11.8 Å². The number of nitrogens with one attached hydrogen (secondary N) is 1. The Balaban J connectivity index is 1.25. The van der Waals surface area contributed by atoms with E-state index in [9.17, 15) is 0 Å². The lowest BCUT2D eigenvalue weighted by Gasteiger charge is -2.35. The average molecular weight is 668 g/mol. The molecule has 3 unspecified atom stereocenters. The Hall–Kier alpha value is -3.41. The second-order valence-electron chi connectivity index (χ2n) is 14.1. The molecule has 0 saturated carbocycles. The van der Waals surface area contributed by atoms with Crippen LogP contribution in [0.3, 0.4) is 0 Å². The number of nitrogens with zero attached hydrogens (tertiary/aromatic N) is 6. The number of rotatable bonds is 8. The molecule has 0 radical (unpaired) electrons. The molecule has 0 aromatic carbocycles. The van der Waals surface area contributed by atoms with Crippen LogP contribution in [0.4, 0.5) is 5.82 Å². The summed E-state index contributed by atoms with van der Waals surface area (Å²) in [7, 11) is 0. The van der Waals surface area contributed by atoms with E-state index in [0.29, 0.717) is 29.5 Å². The third-order valence-electron chi connectivity index (χ3n) is 9.98. The maximum atomic E-state index is 6.22. The fraction of sp³-hybridized carbons (Fsp3) is 0.500. The Kier molecular flexibility index (Phi) is 8.04. The number of hydrogen-bond acceptors (Lipinski definition) is 11. The molecule has 5 aromatic rings. The van der Waals surface area contributed by atoms with E-state index in [1.54, 1.807) is 17.7 Å². The number of aryl methyl sites for hydroxylation is 3. The predicted molar refractivity (Wildman–Crippen MR) is 187 cm³/mol. The van der Waals surface area contributed by atoms with Crippen LogP contribution in [-0.2, 0) is 17.6 Å². The van der Waals surface area contributed by atoms with Gasteiger partial charge in [-0.1, -0.05) is 19.9 Å². The van der Waals surface area contributed by atoms with E-state index in [-0.39, 0.29) is 11.6 Å². The van der Waals surface area contributed by atoms with E-state index < -0.39 is 0 Å². The van der Waals surface area contributed by atoms with Gasteiger partial charge < -0.3 is 14.5 Å². The maximum absolute atomic E-state index is 6.22. The molecule has 0 spiro atoms. The first-order chi connectivity index (χ1) is 22.7. The summed E-state index contributed by atoms with van der Waals surface area (Å²) in [5, 5.41) is 12.6. The van der Waals surface area contributed by atoms with Crippen LogP contribution in [-0.4, -0.2) is 48.1 Å². The summed E-state index contributed by atoms with van der Waals surface area (Å²) in [6.45, 7) is 11.7. The summed E-state index contributed by atoms with van der Waals surface area (Å²) in [5.41, 5.74) is 7.64. The van der Waals surface area contributed by atoms with E-state index >= 15 is 0 Å². The number of fused-ring (bicyclic) bond motifs is 3. The van der Waals surface area contributed by atoms with Gasteiger partial charge >= 0.3 is 0 Å². The SMILES string of the molecule is Cc1nnc(-c2c(CCC3CCOC(C)(C)C3)nc3c(c2-c2cc4ncnc(NC5CCc6ncccc65)c4s2)SCC3C(C)C)o1. The quantitative estimate of drug-likeness (QED) is 0.173. The molecule has 8 rings (SSSR count). The Morgan fingerprint density at radius 3 is 2.81 bits per heavy atom. The fourth-order valence-electron chi connectivity index (χ4n) is 7.59. The lowest BCUT2D eigenvalue weighted by atomic mass is 9.84. The highest BCUT2D eigenvalue weighted by Crippen LogP contribution is 2.53. The topological polar surface area (TPSA) is 112 Å². The standard InChI is InChI=1S/C36H41N7O2S2/c1-19(2)23-17-46-33-30(28-15-27-32(47-28)34(39-18-38-27)41-25-11-10-24-22(25)7-6-13-37-24)29(35-43-42-20(3)45-35)26(40-31(23)33)9-8-21-12-14-44-36(4,5)16-21/h6-7,13,15,18-19,21,23,25H,8-12,14,16-17H2,1-5H3,(H,38,39,41). The van der Waals surface area contributed by atoms with Crippen molar-refractivity contribution < 1.29 is 9.15 Å². The molecule has 9 nitrogen and oxygen atoms in total. The van der Waals surface area contributed by atoms with Crippen LogP contribution in [0, 0.1) is 18.8 Å². The Morgan fingerprint density at radius 1 is 1.11 bits per heavy atom. The van der Waals surface area contributed by atoms with Crippen molar-refractivity contribution in [3.8, 4) is 21.9 Å². The molecule has 5 aromatic heterocycles. The molecule has 2 aliphatic heterocycles. The molecule has 1 aliphatic carbocycles. The molecular formula is C36H41N7O2S2. The molecule has 11 heteroatoms. The molecule has 3 atom stereocenters. The summed E-state index contributed by atoms with van der Waals surface area (Å²) < 4.78 is 13.3. The smallest absolute Gasteiger partial charge is 0.250 e. The van der Waals surface area contributed by atoms with Crippen LogP contribution in [0.2, 0.25) is 0 Å². The number of thioether (sulfide) groups is 1. The van der Waals surface area contributed by atoms with Crippen LogP contribution in [0.15, 0.2) is 40.0 Å². The minimum absolute atomic E-state index is 0.0911. The van der Waals surface area contributed by atoms with Gasteiger partial charge in [0.1, 0.15) is 12.1 Å². The van der Waals surface area contributed by atoms with E-state index in [1.807, 2.05) is 30.9 Å². The van der Waals surface area contributed by atoms with Crippen LogP contribution in [0.5, 0.6) is 0 Å². The maximum Gasteiger partial charge on any atom is 0.250 e. The van der Waals surface area contributed by atoms with Crippen LogP contribution >= 0.6 is 23.1 Å². The van der Waals surface area contributed by atoms with E-state index in [4.69, 9.17) is 24.1 Å². The highest BCUT2D eigenvalue weighted by atomic mass is 32.2. The van der Waals surface area contributed by atoms with Gasteiger partial charge in [-0.15, -0.1) is 33.3 Å². The summed E-state index contributed by atoms with van der Waals surface area (Å²) in [5.74, 6) is 4.42. The molecule has 3 aliphatic rings. The largest absolute Gasteiger partial charge is 0.421 e. The minimum Gasteiger partial charge on any atom is -0.421 e. The van der Waals surface area contributed by atoms with Gasteiger partial charge in [0.05, 0.1) is 38.8 Å². The predicted octanol–water partition coefficient (Wildman–Crippen LogP) is 8.59. The molecule has 47 heavy (non-hydrogen) atoms. The lowest BCUT2D eigenvalue weighted by Crippen LogP contribution is -2.34. The second kappa shape index (κ2) is 12.2. The van der Waals surface area contributed by atoms with Gasteiger partial charge in [0.25, 0.3) is 0 Å². The first-order valence-corrected chi connectivity index (χ1v) is 18.6. The zero-order valence-electron chi connectivity index (χ0n) is 27.7. The zero-order valence-corrected chi connectivity index (χ0v) is 29.3. The van der Waals surface area contributed by atoms with E-state index in [0.717, 1.165) is 88.6 Å². The van der Waals surface area contributed by atoms with Crippen molar-refractivity contribution in [1.82, 2.24) is 30.1 Å². The van der Waals surface area contributed by atoms with Gasteiger partial charge in [-0.05, 0) is 81.9 Å². The summed E-state index contributed by atoms with van der Waals surface area (Å²) in [4.78, 5) is 22.0. The highest BCUT2D eigenvalue weighted by molar-refractivity contribution is 7.99. The van der Waals surface area contributed by atoms with Crippen LogP contribution in [0.25, 0.3) is 32.1 Å². The average Bonchev–Trinajstić information content (AvgIpc) is 3.85. The van der Waals surface area contributed by atoms with Gasteiger partial charge in [0, 0.05) is 52.4 Å². The Labute approximate surface area is 283 Å². The summed E-state index contributed by atoms with van der Waals surface area (Å²) in [6, 6.07) is 6.59. The molecule has 244 valence electrons. The molecular weight excluding hydrogens is 627 g/mol. The van der Waals surface area contributed by atoms with Crippen molar-refractivity contribution in [1.29, 1.82) is 0 Å². The van der Waals surface area contributed by atoms with Crippen molar-refractivity contribution >= 4 is 39.1 Å². The number of hydrogen-bond donors (Lipinski definition) is 1. The second-order valence-corrected chi connectivity index (χ2v) is 16.2. The van der Waals surface area contributed by atoms with E-state index in [2.05, 4.69) is 60.3 Å². The first-order valence-electron chi connectivity index (χ1n) is 16.8. The fourth-order valence-corrected chi connectivity index (χ4v) is 10.4. The molecule has 1 fully saturated rings. The number of pyridine rings is 2. The molecule has 1 saturated heterocycles. The van der Waals surface area contributed by atoms with Crippen molar-refractivity contribution in [3.05, 3.63) is 59.3 Å². The summed E-state index contributed by atoms with van der Waals surface area (Å²) in [6.07, 6.45) is 9.53. The van der Waals surface area contributed by atoms with Gasteiger partial charge in [-0.3, -0.25) is 9.97 Å². The monoisotopic (exact) mass is 667 g/mol. The number of anilines is 1. The number of ether oxygens (including phenoxy) is 1. The van der Waals surface area contributed by atoms with Gasteiger partial charge in [0.15, 0.2) is 0 Å². The summed E-state index contributed by atoms with van der Waals surface area (Å²) >= 11 is 3.64. The van der Waals surface area contributed by atoms with Crippen molar-refractivity contribution in [3.63, 3.8) is 0 Å².